The second-order valence-corrected chi connectivity index (χ2v) is 7.52. The second kappa shape index (κ2) is 9.53. The molecular formula is C23H26N8O2. The number of rotatable bonds is 8. The van der Waals surface area contributed by atoms with E-state index in [1.807, 2.05) is 24.3 Å². The zero-order valence-corrected chi connectivity index (χ0v) is 18.3. The van der Waals surface area contributed by atoms with Gasteiger partial charge < -0.3 is 26.3 Å². The molecule has 1 unspecified atom stereocenters. The van der Waals surface area contributed by atoms with Crippen LogP contribution in [0.4, 0.5) is 5.69 Å². The quantitative estimate of drug-likeness (QED) is 0.228. The average molecular weight is 447 g/mol. The molecule has 170 valence electrons. The van der Waals surface area contributed by atoms with Crippen molar-refractivity contribution in [2.75, 3.05) is 12.4 Å². The maximum atomic E-state index is 9.47. The summed E-state index contributed by atoms with van der Waals surface area (Å²) < 4.78 is 5.52. The van der Waals surface area contributed by atoms with Gasteiger partial charge in [0.25, 0.3) is 0 Å². The van der Waals surface area contributed by atoms with Crippen molar-refractivity contribution >= 4 is 17.4 Å². The maximum Gasteiger partial charge on any atom is 0.178 e. The number of hydrazine groups is 1. The van der Waals surface area contributed by atoms with Crippen LogP contribution in [0.5, 0.6) is 11.5 Å². The molecule has 2 atom stereocenters. The van der Waals surface area contributed by atoms with Crippen LogP contribution in [0.3, 0.4) is 0 Å². The molecular weight excluding hydrogens is 420 g/mol. The van der Waals surface area contributed by atoms with Crippen molar-refractivity contribution in [3.05, 3.63) is 77.4 Å². The average Bonchev–Trinajstić information content (AvgIpc) is 3.32. The van der Waals surface area contributed by atoms with E-state index in [9.17, 15) is 5.11 Å². The number of aromatic nitrogens is 2. The topological polar surface area (TPSA) is 154 Å². The highest BCUT2D eigenvalue weighted by atomic mass is 16.5. The number of aromatic hydroxyl groups is 1. The van der Waals surface area contributed by atoms with Gasteiger partial charge >= 0.3 is 0 Å². The Hall–Kier alpha value is -4.18. The Bertz CT molecular complexity index is 1140. The van der Waals surface area contributed by atoms with E-state index in [2.05, 4.69) is 39.1 Å². The van der Waals surface area contributed by atoms with Crippen LogP contribution in [0.1, 0.15) is 41.6 Å². The fourth-order valence-corrected chi connectivity index (χ4v) is 3.48. The highest BCUT2D eigenvalue weighted by Crippen LogP contribution is 2.28. The zero-order chi connectivity index (χ0) is 23.4. The number of hydrogen-bond donors (Lipinski definition) is 6. The third-order valence-corrected chi connectivity index (χ3v) is 5.25. The lowest BCUT2D eigenvalue weighted by Crippen LogP contribution is -2.37. The van der Waals surface area contributed by atoms with Crippen LogP contribution in [0, 0.1) is 5.41 Å². The monoisotopic (exact) mass is 446 g/mol. The Labute approximate surface area is 191 Å². The van der Waals surface area contributed by atoms with Gasteiger partial charge in [-0.3, -0.25) is 5.41 Å². The Morgan fingerprint density at radius 2 is 1.94 bits per heavy atom. The number of nitrogens with zero attached hydrogens (tertiary/aromatic N) is 3. The van der Waals surface area contributed by atoms with E-state index in [4.69, 9.17) is 20.9 Å². The Morgan fingerprint density at radius 1 is 1.21 bits per heavy atom. The van der Waals surface area contributed by atoms with E-state index >= 15 is 0 Å². The van der Waals surface area contributed by atoms with E-state index < -0.39 is 6.17 Å². The minimum absolute atomic E-state index is 0.00839. The van der Waals surface area contributed by atoms with Crippen molar-refractivity contribution < 1.29 is 9.84 Å². The van der Waals surface area contributed by atoms with Gasteiger partial charge in [0.15, 0.2) is 17.7 Å². The minimum atomic E-state index is -0.513. The molecule has 0 spiro atoms. The Kier molecular flexibility index (Phi) is 6.36. The minimum Gasteiger partial charge on any atom is -0.505 e. The lowest BCUT2D eigenvalue weighted by atomic mass is 10.0. The molecule has 33 heavy (non-hydrogen) atoms. The molecule has 1 aliphatic rings. The SMILES string of the molecule is CCc1cc(OC)cc(C(Nc2ccc(C(=N)N)cc2)C2=N[C@H](c3ncc(O)cn3)NN2)c1. The summed E-state index contributed by atoms with van der Waals surface area (Å²) in [6.45, 7) is 2.09. The third kappa shape index (κ3) is 5.01. The first kappa shape index (κ1) is 22.0. The lowest BCUT2D eigenvalue weighted by Gasteiger charge is -2.22. The number of nitrogen functional groups attached to an aromatic ring is 1. The number of methoxy groups -OCH3 is 1. The molecule has 0 aliphatic carbocycles. The number of ether oxygens (including phenoxy) is 1. The molecule has 1 aliphatic heterocycles. The van der Waals surface area contributed by atoms with Gasteiger partial charge in [0.1, 0.15) is 23.5 Å². The fraction of sp³-hybridized carbons (Fsp3) is 0.217. The number of hydrogen-bond acceptors (Lipinski definition) is 9. The van der Waals surface area contributed by atoms with E-state index in [1.54, 1.807) is 19.2 Å². The number of nitrogens with one attached hydrogen (secondary N) is 4. The summed E-state index contributed by atoms with van der Waals surface area (Å²) in [7, 11) is 1.65. The molecule has 0 saturated carbocycles. The van der Waals surface area contributed by atoms with Crippen LogP contribution < -0.4 is 26.6 Å². The number of amidine groups is 2. The van der Waals surface area contributed by atoms with Gasteiger partial charge in [0, 0.05) is 11.3 Å². The summed E-state index contributed by atoms with van der Waals surface area (Å²) >= 11 is 0. The molecule has 0 saturated heterocycles. The van der Waals surface area contributed by atoms with E-state index in [0.717, 1.165) is 29.0 Å². The Balaban J connectivity index is 1.70. The summed E-state index contributed by atoms with van der Waals surface area (Å²) in [5.74, 6) is 1.84. The predicted octanol–water partition coefficient (Wildman–Crippen LogP) is 2.40. The van der Waals surface area contributed by atoms with E-state index in [0.29, 0.717) is 17.2 Å². The molecule has 0 fully saturated rings. The highest BCUT2D eigenvalue weighted by Gasteiger charge is 2.28. The van der Waals surface area contributed by atoms with Gasteiger partial charge in [0.2, 0.25) is 0 Å². The molecule has 0 amide bonds. The lowest BCUT2D eigenvalue weighted by molar-refractivity contribution is 0.413. The van der Waals surface area contributed by atoms with E-state index in [1.165, 1.54) is 12.4 Å². The van der Waals surface area contributed by atoms with Crippen LogP contribution in [0.15, 0.2) is 59.9 Å². The summed E-state index contributed by atoms with van der Waals surface area (Å²) in [4.78, 5) is 13.0. The fourth-order valence-electron chi connectivity index (χ4n) is 3.48. The summed E-state index contributed by atoms with van der Waals surface area (Å²) in [6, 6.07) is 13.1. The summed E-state index contributed by atoms with van der Waals surface area (Å²) in [5.41, 5.74) is 15.4. The number of aliphatic imine (C=N–C) groups is 1. The molecule has 2 heterocycles. The smallest absolute Gasteiger partial charge is 0.178 e. The molecule has 2 aromatic carbocycles. The van der Waals surface area contributed by atoms with Crippen molar-refractivity contribution in [1.82, 2.24) is 20.8 Å². The normalized spacial score (nSPS) is 15.9. The molecule has 0 bridgehead atoms. The first-order valence-electron chi connectivity index (χ1n) is 10.5. The maximum absolute atomic E-state index is 9.47. The molecule has 10 heteroatoms. The van der Waals surface area contributed by atoms with Crippen molar-refractivity contribution in [2.45, 2.75) is 25.6 Å². The summed E-state index contributed by atoms with van der Waals surface area (Å²) in [6.07, 6.45) is 3.01. The number of aryl methyl sites for hydroxylation is 1. The molecule has 7 N–H and O–H groups in total. The van der Waals surface area contributed by atoms with Crippen molar-refractivity contribution in [3.63, 3.8) is 0 Å². The number of benzene rings is 2. The van der Waals surface area contributed by atoms with Gasteiger partial charge in [-0.25, -0.2) is 20.4 Å². The van der Waals surface area contributed by atoms with Crippen LogP contribution in [-0.4, -0.2) is 33.9 Å². The predicted molar refractivity (Wildman–Crippen MR) is 126 cm³/mol. The Morgan fingerprint density at radius 3 is 2.58 bits per heavy atom. The highest BCUT2D eigenvalue weighted by molar-refractivity contribution is 5.95. The molecule has 10 nitrogen and oxygen atoms in total. The first-order valence-corrected chi connectivity index (χ1v) is 10.5. The van der Waals surface area contributed by atoms with Crippen LogP contribution in [0.2, 0.25) is 0 Å². The van der Waals surface area contributed by atoms with Gasteiger partial charge in [-0.2, -0.15) is 0 Å². The largest absolute Gasteiger partial charge is 0.505 e. The molecule has 4 rings (SSSR count). The van der Waals surface area contributed by atoms with Gasteiger partial charge in [0.05, 0.1) is 19.5 Å². The van der Waals surface area contributed by atoms with Crippen molar-refractivity contribution in [3.8, 4) is 11.5 Å². The second-order valence-electron chi connectivity index (χ2n) is 7.52. The number of nitrogens with two attached hydrogens (primary N) is 1. The first-order chi connectivity index (χ1) is 16.0. The standard InChI is InChI=1S/C23H26N8O2/c1-3-13-8-15(10-18(9-13)33-2)19(28-16-6-4-14(5-7-16)20(24)25)21-29-23(31-30-21)22-26-11-17(32)12-27-22/h4-12,19,23,28,31-32H,3H2,1-2H3,(H3,24,25)(H,29,30)/t19?,23-/m0/s1. The molecule has 1 aromatic heterocycles. The number of anilines is 1. The van der Waals surface area contributed by atoms with Gasteiger partial charge in [-0.1, -0.05) is 13.0 Å². The van der Waals surface area contributed by atoms with Crippen molar-refractivity contribution in [1.29, 1.82) is 5.41 Å². The van der Waals surface area contributed by atoms with Crippen LogP contribution in [-0.2, 0) is 6.42 Å². The zero-order valence-electron chi connectivity index (χ0n) is 18.3. The van der Waals surface area contributed by atoms with Gasteiger partial charge in [-0.15, -0.1) is 0 Å². The van der Waals surface area contributed by atoms with Crippen LogP contribution >= 0.6 is 0 Å². The van der Waals surface area contributed by atoms with E-state index in [-0.39, 0.29) is 17.6 Å². The summed E-state index contributed by atoms with van der Waals surface area (Å²) in [5, 5.41) is 20.6. The molecule has 3 aromatic rings. The third-order valence-electron chi connectivity index (χ3n) is 5.25. The van der Waals surface area contributed by atoms with Crippen molar-refractivity contribution in [2.24, 2.45) is 10.7 Å². The molecule has 0 radical (unpaired) electrons. The van der Waals surface area contributed by atoms with Gasteiger partial charge in [-0.05, 0) is 53.9 Å². The van der Waals surface area contributed by atoms with Crippen LogP contribution in [0.25, 0.3) is 0 Å².